The molecule has 1 aliphatic heterocycles. The summed E-state index contributed by atoms with van der Waals surface area (Å²) in [7, 11) is 0. The predicted molar refractivity (Wildman–Crippen MR) is 82.4 cm³/mol. The van der Waals surface area contributed by atoms with Crippen molar-refractivity contribution in [2.45, 2.75) is 45.8 Å². The average molecular weight is 288 g/mol. The Labute approximate surface area is 125 Å². The van der Waals surface area contributed by atoms with Gasteiger partial charge in [-0.05, 0) is 36.0 Å². The van der Waals surface area contributed by atoms with Crippen LogP contribution >= 0.6 is 0 Å². The van der Waals surface area contributed by atoms with E-state index in [0.717, 1.165) is 23.3 Å². The lowest BCUT2D eigenvalue weighted by Crippen LogP contribution is -2.55. The molecular formula is C16H24N4O. The van der Waals surface area contributed by atoms with Gasteiger partial charge in [0, 0.05) is 6.04 Å². The first kappa shape index (κ1) is 13.3. The number of rotatable bonds is 1. The quantitative estimate of drug-likeness (QED) is 0.835. The van der Waals surface area contributed by atoms with E-state index in [4.69, 9.17) is 0 Å². The normalized spacial score (nSPS) is 39.9. The number of anilines is 1. The van der Waals surface area contributed by atoms with E-state index in [1.54, 1.807) is 6.34 Å². The van der Waals surface area contributed by atoms with E-state index in [1.807, 2.05) is 6.33 Å². The summed E-state index contributed by atoms with van der Waals surface area (Å²) in [6.45, 7) is 7.60. The van der Waals surface area contributed by atoms with Crippen LogP contribution < -0.4 is 5.32 Å². The minimum absolute atomic E-state index is 0.384. The molecule has 2 heterocycles. The lowest BCUT2D eigenvalue weighted by Gasteiger charge is -2.62. The average Bonchev–Trinajstić information content (AvgIpc) is 2.78. The van der Waals surface area contributed by atoms with E-state index in [1.165, 1.54) is 12.8 Å². The van der Waals surface area contributed by atoms with Gasteiger partial charge >= 0.3 is 0 Å². The molecule has 1 aromatic heterocycles. The molecule has 3 aliphatic carbocycles. The summed E-state index contributed by atoms with van der Waals surface area (Å²) < 4.78 is 2.24. The molecule has 3 saturated carbocycles. The van der Waals surface area contributed by atoms with Crippen molar-refractivity contribution < 1.29 is 5.11 Å². The first-order chi connectivity index (χ1) is 10.00. The fourth-order valence-electron chi connectivity index (χ4n) is 4.85. The van der Waals surface area contributed by atoms with Gasteiger partial charge in [0.2, 0.25) is 0 Å². The first-order valence-corrected chi connectivity index (χ1v) is 7.99. The molecule has 5 rings (SSSR count). The highest BCUT2D eigenvalue weighted by Gasteiger charge is 2.56. The van der Waals surface area contributed by atoms with Crippen LogP contribution in [0.3, 0.4) is 0 Å². The fraction of sp³-hybridized carbons (Fsp3) is 0.750. The van der Waals surface area contributed by atoms with Crippen molar-refractivity contribution in [1.29, 1.82) is 0 Å². The second-order valence-electron chi connectivity index (χ2n) is 7.56. The Bertz CT molecular complexity index is 591. The van der Waals surface area contributed by atoms with Gasteiger partial charge in [0.1, 0.15) is 17.6 Å². The Kier molecular flexibility index (Phi) is 2.74. The van der Waals surface area contributed by atoms with E-state index in [0.29, 0.717) is 23.9 Å². The number of hydrogen-bond acceptors (Lipinski definition) is 4. The molecule has 0 radical (unpaired) electrons. The van der Waals surface area contributed by atoms with Gasteiger partial charge in [0.25, 0.3) is 0 Å². The van der Waals surface area contributed by atoms with Crippen LogP contribution in [0.1, 0.15) is 51.5 Å². The van der Waals surface area contributed by atoms with Gasteiger partial charge < -0.3 is 15.0 Å². The molecule has 3 fully saturated rings. The zero-order valence-corrected chi connectivity index (χ0v) is 13.0. The smallest absolute Gasteiger partial charge is 0.137 e. The van der Waals surface area contributed by atoms with Crippen molar-refractivity contribution in [2.24, 2.45) is 28.2 Å². The van der Waals surface area contributed by atoms with Crippen molar-refractivity contribution in [3.8, 4) is 0 Å². The van der Waals surface area contributed by atoms with Crippen LogP contribution in [-0.2, 0) is 0 Å². The zero-order chi connectivity index (χ0) is 14.8. The maximum absolute atomic E-state index is 10.1. The summed E-state index contributed by atoms with van der Waals surface area (Å²) in [6.07, 6.45) is 5.57. The van der Waals surface area contributed by atoms with Crippen LogP contribution in [0, 0.1) is 23.2 Å². The Hall–Kier alpha value is -1.36. The predicted octanol–water partition coefficient (Wildman–Crippen LogP) is 2.61. The standard InChI is InChI=1S/C16H24N4O/c1-9-11-4-10(16(11,2)3)5-12(9)20-8-19-14-13(21)6-17-7-18-15(14)20/h7-13,21H,4-6H2,1-3H3,(H,17,18). The molecule has 114 valence electrons. The van der Waals surface area contributed by atoms with Gasteiger partial charge in [0.05, 0.1) is 19.2 Å². The monoisotopic (exact) mass is 288 g/mol. The molecule has 0 aromatic carbocycles. The van der Waals surface area contributed by atoms with Crippen LogP contribution in [0.2, 0.25) is 0 Å². The lowest BCUT2D eigenvalue weighted by atomic mass is 9.44. The van der Waals surface area contributed by atoms with Gasteiger partial charge in [-0.15, -0.1) is 0 Å². The highest BCUT2D eigenvalue weighted by Crippen LogP contribution is 2.64. The molecule has 5 nitrogen and oxygen atoms in total. The number of aliphatic hydroxyl groups excluding tert-OH is 1. The molecule has 1 aromatic rings. The van der Waals surface area contributed by atoms with Crippen LogP contribution in [0.15, 0.2) is 11.3 Å². The van der Waals surface area contributed by atoms with Crippen molar-refractivity contribution in [3.05, 3.63) is 12.0 Å². The molecule has 0 saturated heterocycles. The molecule has 0 spiro atoms. The lowest BCUT2D eigenvalue weighted by molar-refractivity contribution is -0.123. The number of nitrogens with one attached hydrogen (secondary N) is 1. The molecule has 2 N–H and O–H groups in total. The van der Waals surface area contributed by atoms with Gasteiger partial charge in [-0.2, -0.15) is 0 Å². The molecule has 0 amide bonds. The molecule has 5 heteroatoms. The number of aliphatic hydroxyl groups is 1. The number of aliphatic imine (C=N–C) groups is 1. The third-order valence-electron chi connectivity index (χ3n) is 6.38. The topological polar surface area (TPSA) is 62.4 Å². The van der Waals surface area contributed by atoms with Gasteiger partial charge in [-0.25, -0.2) is 4.98 Å². The zero-order valence-electron chi connectivity index (χ0n) is 13.0. The second-order valence-corrected chi connectivity index (χ2v) is 7.56. The SMILES string of the molecule is CC1C(n2cnc3c2NC=NCC3O)CC2CC1C2(C)C. The summed E-state index contributed by atoms with van der Waals surface area (Å²) in [4.78, 5) is 8.61. The summed E-state index contributed by atoms with van der Waals surface area (Å²) >= 11 is 0. The van der Waals surface area contributed by atoms with Gasteiger partial charge in [0.15, 0.2) is 0 Å². The number of imidazole rings is 1. The Morgan fingerprint density at radius 2 is 2.19 bits per heavy atom. The first-order valence-electron chi connectivity index (χ1n) is 7.99. The van der Waals surface area contributed by atoms with Crippen LogP contribution in [0.25, 0.3) is 0 Å². The third-order valence-corrected chi connectivity index (χ3v) is 6.38. The van der Waals surface area contributed by atoms with Crippen LogP contribution in [-0.4, -0.2) is 27.5 Å². The van der Waals surface area contributed by atoms with E-state index in [-0.39, 0.29) is 0 Å². The number of hydrogen-bond donors (Lipinski definition) is 2. The molecular weight excluding hydrogens is 264 g/mol. The Balaban J connectivity index is 1.68. The number of aromatic nitrogens is 2. The molecule has 5 unspecified atom stereocenters. The maximum Gasteiger partial charge on any atom is 0.137 e. The molecule has 5 atom stereocenters. The van der Waals surface area contributed by atoms with Gasteiger partial charge in [-0.3, -0.25) is 4.99 Å². The van der Waals surface area contributed by atoms with E-state index in [2.05, 4.69) is 40.6 Å². The Morgan fingerprint density at radius 3 is 2.90 bits per heavy atom. The highest BCUT2D eigenvalue weighted by molar-refractivity contribution is 5.76. The molecule has 21 heavy (non-hydrogen) atoms. The number of fused-ring (bicyclic) bond motifs is 3. The van der Waals surface area contributed by atoms with Crippen molar-refractivity contribution in [1.82, 2.24) is 9.55 Å². The summed E-state index contributed by atoms with van der Waals surface area (Å²) in [5.41, 5.74) is 1.22. The molecule has 4 aliphatic rings. The highest BCUT2D eigenvalue weighted by atomic mass is 16.3. The minimum Gasteiger partial charge on any atom is -0.385 e. The summed E-state index contributed by atoms with van der Waals surface area (Å²) in [5.74, 6) is 3.18. The van der Waals surface area contributed by atoms with Crippen molar-refractivity contribution >= 4 is 12.2 Å². The van der Waals surface area contributed by atoms with E-state index in [9.17, 15) is 5.11 Å². The maximum atomic E-state index is 10.1. The minimum atomic E-state index is -0.600. The molecule has 2 bridgehead atoms. The van der Waals surface area contributed by atoms with Crippen LogP contribution in [0.4, 0.5) is 5.82 Å². The largest absolute Gasteiger partial charge is 0.385 e. The van der Waals surface area contributed by atoms with Crippen molar-refractivity contribution in [2.75, 3.05) is 11.9 Å². The fourth-order valence-corrected chi connectivity index (χ4v) is 4.85. The van der Waals surface area contributed by atoms with Gasteiger partial charge in [-0.1, -0.05) is 20.8 Å². The van der Waals surface area contributed by atoms with E-state index >= 15 is 0 Å². The second kappa shape index (κ2) is 4.32. The van der Waals surface area contributed by atoms with E-state index < -0.39 is 6.10 Å². The summed E-state index contributed by atoms with van der Waals surface area (Å²) in [5, 5.41) is 13.4. The summed E-state index contributed by atoms with van der Waals surface area (Å²) in [6, 6.07) is 0.476. The van der Waals surface area contributed by atoms with Crippen LogP contribution in [0.5, 0.6) is 0 Å². The Morgan fingerprint density at radius 1 is 1.38 bits per heavy atom. The van der Waals surface area contributed by atoms with Crippen molar-refractivity contribution in [3.63, 3.8) is 0 Å². The third kappa shape index (κ3) is 1.73. The number of nitrogens with zero attached hydrogens (tertiary/aromatic N) is 3.